The molecular weight excluding hydrogens is 360 g/mol. The Labute approximate surface area is 133 Å². The maximum Gasteiger partial charge on any atom is 0.277 e. The summed E-state index contributed by atoms with van der Waals surface area (Å²) < 4.78 is 26.5. The monoisotopic (exact) mass is 378 g/mol. The number of hydrogen-bond donors (Lipinski definition) is 1. The van der Waals surface area contributed by atoms with Gasteiger partial charge in [0.05, 0.1) is 0 Å². The molecular formula is C12H19BrN4O3S. The van der Waals surface area contributed by atoms with Crippen molar-refractivity contribution in [2.75, 3.05) is 26.2 Å². The Kier molecular flexibility index (Phi) is 5.07. The molecule has 0 atom stereocenters. The molecule has 0 aromatic carbocycles. The van der Waals surface area contributed by atoms with Crippen molar-refractivity contribution in [3.63, 3.8) is 0 Å². The summed E-state index contributed by atoms with van der Waals surface area (Å²) in [6.07, 6.45) is 2.82. The van der Waals surface area contributed by atoms with E-state index in [4.69, 9.17) is 5.14 Å². The molecule has 0 aliphatic carbocycles. The lowest BCUT2D eigenvalue weighted by Crippen LogP contribution is -2.52. The van der Waals surface area contributed by atoms with Crippen LogP contribution < -0.4 is 5.14 Å². The van der Waals surface area contributed by atoms with E-state index >= 15 is 0 Å². The van der Waals surface area contributed by atoms with E-state index in [0.29, 0.717) is 18.8 Å². The summed E-state index contributed by atoms with van der Waals surface area (Å²) >= 11 is 3.39. The minimum absolute atomic E-state index is 0.0804. The zero-order valence-corrected chi connectivity index (χ0v) is 14.2. The predicted octanol–water partition coefficient (Wildman–Crippen LogP) is 0.622. The SMILES string of the molecule is CCCn1cc(Br)cc1C(=O)N1CCN(S(N)(=O)=O)CC1. The van der Waals surface area contributed by atoms with Crippen LogP contribution in [0.4, 0.5) is 0 Å². The first-order chi connectivity index (χ1) is 9.82. The molecule has 0 spiro atoms. The molecule has 0 saturated carbocycles. The highest BCUT2D eigenvalue weighted by atomic mass is 79.9. The Morgan fingerprint density at radius 2 is 1.95 bits per heavy atom. The molecule has 9 heteroatoms. The van der Waals surface area contributed by atoms with E-state index in [1.54, 1.807) is 11.0 Å². The summed E-state index contributed by atoms with van der Waals surface area (Å²) in [5, 5.41) is 5.09. The van der Waals surface area contributed by atoms with Crippen molar-refractivity contribution in [1.29, 1.82) is 0 Å². The normalized spacial score (nSPS) is 17.2. The van der Waals surface area contributed by atoms with Gasteiger partial charge in [-0.15, -0.1) is 0 Å². The van der Waals surface area contributed by atoms with Gasteiger partial charge in [-0.05, 0) is 28.4 Å². The fourth-order valence-electron chi connectivity index (χ4n) is 2.39. The molecule has 7 nitrogen and oxygen atoms in total. The third kappa shape index (κ3) is 3.85. The first-order valence-corrected chi connectivity index (χ1v) is 9.05. The van der Waals surface area contributed by atoms with E-state index in [1.807, 2.05) is 17.7 Å². The number of aromatic nitrogens is 1. The van der Waals surface area contributed by atoms with Crippen molar-refractivity contribution in [1.82, 2.24) is 13.8 Å². The summed E-state index contributed by atoms with van der Waals surface area (Å²) in [6, 6.07) is 1.80. The van der Waals surface area contributed by atoms with Crippen LogP contribution in [0.1, 0.15) is 23.8 Å². The first-order valence-electron chi connectivity index (χ1n) is 6.75. The number of nitrogens with two attached hydrogens (primary N) is 1. The fourth-order valence-corrected chi connectivity index (χ4v) is 3.52. The molecule has 1 fully saturated rings. The Balaban J connectivity index is 2.09. The van der Waals surface area contributed by atoms with Gasteiger partial charge in [0, 0.05) is 43.4 Å². The molecule has 2 heterocycles. The summed E-state index contributed by atoms with van der Waals surface area (Å²) in [6.45, 7) is 3.99. The van der Waals surface area contributed by atoms with Crippen molar-refractivity contribution in [3.05, 3.63) is 22.4 Å². The average Bonchev–Trinajstić information content (AvgIpc) is 2.78. The molecule has 1 aromatic rings. The topological polar surface area (TPSA) is 88.6 Å². The van der Waals surface area contributed by atoms with Gasteiger partial charge in [0.1, 0.15) is 5.69 Å². The average molecular weight is 379 g/mol. The minimum Gasteiger partial charge on any atom is -0.342 e. The highest BCUT2D eigenvalue weighted by molar-refractivity contribution is 9.10. The molecule has 0 unspecified atom stereocenters. The standard InChI is InChI=1S/C12H19BrN4O3S/c1-2-3-16-9-10(13)8-11(16)12(18)15-4-6-17(7-5-15)21(14,19)20/h8-9H,2-7H2,1H3,(H2,14,19,20). The number of hydrogen-bond acceptors (Lipinski definition) is 3. The van der Waals surface area contributed by atoms with Crippen molar-refractivity contribution >= 4 is 32.0 Å². The third-order valence-electron chi connectivity index (χ3n) is 3.43. The van der Waals surface area contributed by atoms with Gasteiger partial charge in [0.25, 0.3) is 16.1 Å². The van der Waals surface area contributed by atoms with E-state index in [9.17, 15) is 13.2 Å². The number of amides is 1. The molecule has 1 aliphatic rings. The number of piperazine rings is 1. The van der Waals surface area contributed by atoms with Gasteiger partial charge in [-0.25, -0.2) is 5.14 Å². The van der Waals surface area contributed by atoms with Crippen LogP contribution in [0.25, 0.3) is 0 Å². The summed E-state index contributed by atoms with van der Waals surface area (Å²) in [5.74, 6) is -0.0804. The van der Waals surface area contributed by atoms with Crippen molar-refractivity contribution < 1.29 is 13.2 Å². The highest BCUT2D eigenvalue weighted by Gasteiger charge is 2.28. The van der Waals surface area contributed by atoms with Gasteiger partial charge in [0.2, 0.25) is 0 Å². The lowest BCUT2D eigenvalue weighted by molar-refractivity contribution is 0.0687. The van der Waals surface area contributed by atoms with Crippen LogP contribution in [-0.2, 0) is 16.8 Å². The van der Waals surface area contributed by atoms with Crippen LogP contribution >= 0.6 is 15.9 Å². The summed E-state index contributed by atoms with van der Waals surface area (Å²) in [5.41, 5.74) is 0.618. The second-order valence-electron chi connectivity index (χ2n) is 4.97. The van der Waals surface area contributed by atoms with E-state index in [0.717, 1.165) is 17.4 Å². The van der Waals surface area contributed by atoms with Crippen molar-refractivity contribution in [2.24, 2.45) is 5.14 Å². The number of carbonyl (C=O) groups is 1. The van der Waals surface area contributed by atoms with Gasteiger partial charge >= 0.3 is 0 Å². The summed E-state index contributed by atoms with van der Waals surface area (Å²) in [7, 11) is -3.67. The molecule has 1 amide bonds. The van der Waals surface area contributed by atoms with Crippen molar-refractivity contribution in [2.45, 2.75) is 19.9 Å². The third-order valence-corrected chi connectivity index (χ3v) is 4.95. The summed E-state index contributed by atoms with van der Waals surface area (Å²) in [4.78, 5) is 14.2. The molecule has 1 aliphatic heterocycles. The number of halogens is 1. The Hall–Kier alpha value is -0.900. The molecule has 1 saturated heterocycles. The second-order valence-corrected chi connectivity index (χ2v) is 7.44. The number of aryl methyl sites for hydroxylation is 1. The van der Waals surface area contributed by atoms with E-state index in [2.05, 4.69) is 15.9 Å². The molecule has 0 radical (unpaired) electrons. The predicted molar refractivity (Wildman–Crippen MR) is 83.0 cm³/mol. The van der Waals surface area contributed by atoms with Gasteiger partial charge < -0.3 is 9.47 Å². The fraction of sp³-hybridized carbons (Fsp3) is 0.583. The van der Waals surface area contributed by atoms with Gasteiger partial charge in [-0.1, -0.05) is 6.92 Å². The lowest BCUT2D eigenvalue weighted by Gasteiger charge is -2.33. The second kappa shape index (κ2) is 6.47. The van der Waals surface area contributed by atoms with Crippen LogP contribution in [0, 0.1) is 0 Å². The molecule has 21 heavy (non-hydrogen) atoms. The number of nitrogens with zero attached hydrogens (tertiary/aromatic N) is 3. The van der Waals surface area contributed by atoms with Crippen LogP contribution in [0.5, 0.6) is 0 Å². The zero-order valence-electron chi connectivity index (χ0n) is 11.8. The first kappa shape index (κ1) is 16.5. The van der Waals surface area contributed by atoms with Crippen molar-refractivity contribution in [3.8, 4) is 0 Å². The van der Waals surface area contributed by atoms with Gasteiger partial charge in [0.15, 0.2) is 0 Å². The van der Waals surface area contributed by atoms with E-state index in [-0.39, 0.29) is 19.0 Å². The van der Waals surface area contributed by atoms with E-state index in [1.165, 1.54) is 4.31 Å². The van der Waals surface area contributed by atoms with Crippen LogP contribution in [0.2, 0.25) is 0 Å². The minimum atomic E-state index is -3.67. The maximum atomic E-state index is 12.6. The Morgan fingerprint density at radius 3 is 2.48 bits per heavy atom. The Bertz CT molecular complexity index is 620. The smallest absolute Gasteiger partial charge is 0.277 e. The van der Waals surface area contributed by atoms with Gasteiger partial charge in [-0.2, -0.15) is 12.7 Å². The number of carbonyl (C=O) groups excluding carboxylic acids is 1. The maximum absolute atomic E-state index is 12.6. The largest absolute Gasteiger partial charge is 0.342 e. The van der Waals surface area contributed by atoms with Crippen LogP contribution in [0.3, 0.4) is 0 Å². The lowest BCUT2D eigenvalue weighted by atomic mass is 10.3. The quantitative estimate of drug-likeness (QED) is 0.832. The molecule has 1 aromatic heterocycles. The molecule has 118 valence electrons. The zero-order chi connectivity index (χ0) is 15.6. The van der Waals surface area contributed by atoms with Gasteiger partial charge in [-0.3, -0.25) is 4.79 Å². The van der Waals surface area contributed by atoms with Crippen LogP contribution in [-0.4, -0.2) is 54.3 Å². The highest BCUT2D eigenvalue weighted by Crippen LogP contribution is 2.18. The number of rotatable bonds is 4. The van der Waals surface area contributed by atoms with Crippen LogP contribution in [0.15, 0.2) is 16.7 Å². The molecule has 2 N–H and O–H groups in total. The van der Waals surface area contributed by atoms with E-state index < -0.39 is 10.2 Å². The molecule has 2 rings (SSSR count). The Morgan fingerprint density at radius 1 is 1.33 bits per heavy atom. The molecule has 0 bridgehead atoms.